The highest BCUT2D eigenvalue weighted by atomic mass is 19.4. The highest BCUT2D eigenvalue weighted by Crippen LogP contribution is 2.43. The van der Waals surface area contributed by atoms with Crippen molar-refractivity contribution in [1.29, 1.82) is 10.5 Å². The summed E-state index contributed by atoms with van der Waals surface area (Å²) in [7, 11) is 0. The Hall–Kier alpha value is -7.78. The lowest BCUT2D eigenvalue weighted by Gasteiger charge is -2.34. The molecule has 3 N–H and O–H groups in total. The molecule has 0 spiro atoms. The van der Waals surface area contributed by atoms with Gasteiger partial charge in [-0.05, 0) is 97.7 Å². The Morgan fingerprint density at radius 1 is 0.582 bits per heavy atom. The lowest BCUT2D eigenvalue weighted by molar-refractivity contribution is -0.138. The van der Waals surface area contributed by atoms with E-state index in [1.54, 1.807) is 0 Å². The second-order valence-corrected chi connectivity index (χ2v) is 15.9. The van der Waals surface area contributed by atoms with Crippen LogP contribution in [0.4, 0.5) is 56.1 Å². The largest absolute Gasteiger partial charge is 0.416 e. The van der Waals surface area contributed by atoms with E-state index in [4.69, 9.17) is 0 Å². The Bertz CT molecular complexity index is 2640. The summed E-state index contributed by atoms with van der Waals surface area (Å²) >= 11 is 0. The van der Waals surface area contributed by atoms with Gasteiger partial charge in [-0.2, -0.15) is 36.9 Å². The first-order valence-corrected chi connectivity index (χ1v) is 20.6. The van der Waals surface area contributed by atoms with Gasteiger partial charge in [0.1, 0.15) is 11.6 Å². The van der Waals surface area contributed by atoms with E-state index in [0.29, 0.717) is 72.5 Å². The Morgan fingerprint density at radius 3 is 1.30 bits per heavy atom. The molecule has 0 bridgehead atoms. The van der Waals surface area contributed by atoms with Crippen molar-refractivity contribution in [2.45, 2.75) is 37.3 Å². The van der Waals surface area contributed by atoms with Gasteiger partial charge in [0.15, 0.2) is 0 Å². The number of carbonyl (C=O) groups excluding carboxylic acids is 4. The summed E-state index contributed by atoms with van der Waals surface area (Å²) in [6.07, 6.45) is -9.20. The van der Waals surface area contributed by atoms with Gasteiger partial charge in [0.2, 0.25) is 0 Å². The Labute approximate surface area is 376 Å². The van der Waals surface area contributed by atoms with Crippen LogP contribution in [0.2, 0.25) is 0 Å². The van der Waals surface area contributed by atoms with Gasteiger partial charge < -0.3 is 25.8 Å². The van der Waals surface area contributed by atoms with Crippen molar-refractivity contribution < 1.29 is 54.3 Å². The maximum Gasteiger partial charge on any atom is 0.416 e. The maximum atomic E-state index is 14.6. The van der Waals surface area contributed by atoms with E-state index < -0.39 is 82.4 Å². The zero-order chi connectivity index (χ0) is 47.9. The lowest BCUT2D eigenvalue weighted by Crippen LogP contribution is -2.47. The molecule has 67 heavy (non-hydrogen) atoms. The van der Waals surface area contributed by atoms with Crippen molar-refractivity contribution in [1.82, 2.24) is 25.8 Å². The number of carbonyl (C=O) groups is 4. The first kappa shape index (κ1) is 45.8. The molecule has 0 aromatic heterocycles. The standard InChI is InChI=1S/C46H35F8N9O4/c47-31-15-29(45(49,50)51)17-33(19-31)62-35-23-60(41(64)37(35)39(58-43(62)66)27-7-3-25(21-55)4-8-27)13-1-11-57-12-2-14-61-24-36-38(42(61)65)40(28-9-5-26(22-56)6-10-28)59-44(67)63(36)34-18-30(46(52,53)54)16-32(48)20-34/h3-10,15-20,39-40,57H,1-2,11-14,23-24H2,(H,58,66)(H,59,67). The van der Waals surface area contributed by atoms with Gasteiger partial charge in [-0.15, -0.1) is 0 Å². The van der Waals surface area contributed by atoms with Crippen molar-refractivity contribution in [3.8, 4) is 12.1 Å². The van der Waals surface area contributed by atoms with Crippen LogP contribution < -0.4 is 25.8 Å². The van der Waals surface area contributed by atoms with Gasteiger partial charge in [0, 0.05) is 13.1 Å². The number of anilines is 2. The molecular formula is C46H35F8N9O4. The van der Waals surface area contributed by atoms with Gasteiger partial charge in [0.05, 0.1) is 93.5 Å². The molecule has 2 atom stereocenters. The predicted octanol–water partition coefficient (Wildman–Crippen LogP) is 7.55. The monoisotopic (exact) mass is 929 g/mol. The molecule has 0 saturated carbocycles. The van der Waals surface area contributed by atoms with Crippen LogP contribution in [0.5, 0.6) is 0 Å². The Kier molecular flexibility index (Phi) is 12.2. The second-order valence-electron chi connectivity index (χ2n) is 15.9. The smallest absolute Gasteiger partial charge is 0.333 e. The van der Waals surface area contributed by atoms with Crippen molar-refractivity contribution in [3.05, 3.63) is 152 Å². The van der Waals surface area contributed by atoms with Crippen LogP contribution in [0.3, 0.4) is 0 Å². The van der Waals surface area contributed by atoms with Crippen LogP contribution in [0.1, 0.15) is 58.3 Å². The molecule has 0 radical (unpaired) electrons. The number of nitrogens with one attached hydrogen (secondary N) is 3. The van der Waals surface area contributed by atoms with Gasteiger partial charge in [0.25, 0.3) is 11.8 Å². The number of hydrogen-bond donors (Lipinski definition) is 3. The molecule has 13 nitrogen and oxygen atoms in total. The first-order chi connectivity index (χ1) is 31.9. The minimum Gasteiger partial charge on any atom is -0.333 e. The second kappa shape index (κ2) is 17.9. The van der Waals surface area contributed by atoms with E-state index in [9.17, 15) is 64.8 Å². The topological polar surface area (TPSA) is 165 Å². The molecule has 2 unspecified atom stereocenters. The minimum absolute atomic E-state index is 0.0523. The number of benzene rings is 4. The number of alkyl halides is 6. The average molecular weight is 930 g/mol. The summed E-state index contributed by atoms with van der Waals surface area (Å²) in [6, 6.07) is 15.5. The fourth-order valence-corrected chi connectivity index (χ4v) is 8.55. The van der Waals surface area contributed by atoms with E-state index >= 15 is 0 Å². The quantitative estimate of drug-likeness (QED) is 0.0976. The summed E-state index contributed by atoms with van der Waals surface area (Å²) in [4.78, 5) is 59.8. The lowest BCUT2D eigenvalue weighted by atomic mass is 9.94. The van der Waals surface area contributed by atoms with Crippen molar-refractivity contribution in [3.63, 3.8) is 0 Å². The Balaban J connectivity index is 0.932. The molecule has 4 aliphatic heterocycles. The number of rotatable bonds is 12. The molecule has 8 rings (SSSR count). The van der Waals surface area contributed by atoms with E-state index in [2.05, 4.69) is 16.0 Å². The molecule has 21 heteroatoms. The van der Waals surface area contributed by atoms with E-state index in [-0.39, 0.29) is 48.7 Å². The van der Waals surface area contributed by atoms with Crippen molar-refractivity contribution >= 4 is 35.3 Å². The van der Waals surface area contributed by atoms with Crippen LogP contribution in [0, 0.1) is 34.3 Å². The minimum atomic E-state index is -4.94. The number of nitrogens with zero attached hydrogens (tertiary/aromatic N) is 6. The molecule has 4 aromatic rings. The van der Waals surface area contributed by atoms with Crippen LogP contribution in [-0.4, -0.2) is 72.9 Å². The molecular weight excluding hydrogens is 895 g/mol. The molecule has 4 heterocycles. The molecule has 6 amide bonds. The molecule has 0 fully saturated rings. The number of hydrogen-bond acceptors (Lipinski definition) is 7. The number of amides is 6. The zero-order valence-corrected chi connectivity index (χ0v) is 34.7. The fraction of sp³-hybridized carbons (Fsp3) is 0.261. The SMILES string of the molecule is N#Cc1ccc(C2NC(=O)N(c3cc(F)cc(C(F)(F)F)c3)C3=C2C(=O)N(CCCNCCCN2CC4=C(C2=O)C(c2ccc(C#N)cc2)NC(=O)N4c2cc(F)cc(C(F)(F)F)c2)C3)cc1. The van der Waals surface area contributed by atoms with Crippen LogP contribution in [-0.2, 0) is 21.9 Å². The van der Waals surface area contributed by atoms with Crippen molar-refractivity contribution in [2.24, 2.45) is 0 Å². The summed E-state index contributed by atoms with van der Waals surface area (Å²) in [5.41, 5.74) is -1.90. The predicted molar refractivity (Wildman–Crippen MR) is 222 cm³/mol. The summed E-state index contributed by atoms with van der Waals surface area (Å²) in [5.74, 6) is -3.56. The highest BCUT2D eigenvalue weighted by Gasteiger charge is 2.47. The normalized spacial score (nSPS) is 18.5. The van der Waals surface area contributed by atoms with E-state index in [1.807, 2.05) is 12.1 Å². The van der Waals surface area contributed by atoms with Crippen LogP contribution in [0.25, 0.3) is 0 Å². The molecule has 4 aromatic carbocycles. The molecule has 4 aliphatic rings. The summed E-state index contributed by atoms with van der Waals surface area (Å²) < 4.78 is 112. The van der Waals surface area contributed by atoms with Gasteiger partial charge in [-0.3, -0.25) is 19.4 Å². The molecule has 0 aliphatic carbocycles. The third-order valence-corrected chi connectivity index (χ3v) is 11.6. The average Bonchev–Trinajstić information content (AvgIpc) is 3.78. The van der Waals surface area contributed by atoms with E-state index in [1.165, 1.54) is 58.3 Å². The third-order valence-electron chi connectivity index (χ3n) is 11.6. The fourth-order valence-electron chi connectivity index (χ4n) is 8.55. The first-order valence-electron chi connectivity index (χ1n) is 20.6. The number of nitriles is 2. The van der Waals surface area contributed by atoms with Crippen LogP contribution in [0.15, 0.2) is 107 Å². The summed E-state index contributed by atoms with van der Waals surface area (Å²) in [5, 5.41) is 27.1. The van der Waals surface area contributed by atoms with Gasteiger partial charge in [-0.1, -0.05) is 24.3 Å². The summed E-state index contributed by atoms with van der Waals surface area (Å²) in [6.45, 7) is 0.470. The molecule has 0 saturated heterocycles. The highest BCUT2D eigenvalue weighted by molar-refractivity contribution is 6.08. The zero-order valence-electron chi connectivity index (χ0n) is 34.7. The van der Waals surface area contributed by atoms with E-state index in [0.717, 1.165) is 21.9 Å². The van der Waals surface area contributed by atoms with Crippen molar-refractivity contribution in [2.75, 3.05) is 49.1 Å². The van der Waals surface area contributed by atoms with Gasteiger partial charge in [-0.25, -0.2) is 18.4 Å². The molecule has 344 valence electrons. The Morgan fingerprint density at radius 2 is 0.955 bits per heavy atom. The third kappa shape index (κ3) is 9.10. The van der Waals surface area contributed by atoms with Crippen LogP contribution >= 0.6 is 0 Å². The van der Waals surface area contributed by atoms with Gasteiger partial charge >= 0.3 is 24.4 Å². The maximum absolute atomic E-state index is 14.6. The number of urea groups is 2. The number of halogens is 8.